The lowest BCUT2D eigenvalue weighted by molar-refractivity contribution is -0.143. The Labute approximate surface area is 229 Å². The molecule has 1 amide bonds. The number of nitrogens with one attached hydrogen (secondary N) is 2. The van der Waals surface area contributed by atoms with Gasteiger partial charge in [-0.15, -0.1) is 0 Å². The van der Waals surface area contributed by atoms with Gasteiger partial charge in [0.15, 0.2) is 0 Å². The molecule has 15 heteroatoms. The van der Waals surface area contributed by atoms with E-state index in [0.717, 1.165) is 11.7 Å². The number of carbonyl (C=O) groups is 2. The first-order chi connectivity index (χ1) is 19.2. The quantitative estimate of drug-likeness (QED) is 0.293. The largest absolute Gasteiger partial charge is 0.467 e. The van der Waals surface area contributed by atoms with Crippen molar-refractivity contribution >= 4 is 17.6 Å². The van der Waals surface area contributed by atoms with E-state index in [-0.39, 0.29) is 12.2 Å². The van der Waals surface area contributed by atoms with Gasteiger partial charge in [0.25, 0.3) is 11.5 Å². The van der Waals surface area contributed by atoms with Gasteiger partial charge in [-0.05, 0) is 37.1 Å². The zero-order valence-corrected chi connectivity index (χ0v) is 22.3. The van der Waals surface area contributed by atoms with E-state index in [1.165, 1.54) is 42.9 Å². The average Bonchev–Trinajstić information content (AvgIpc) is 2.89. The van der Waals surface area contributed by atoms with Gasteiger partial charge >= 0.3 is 17.8 Å². The molecule has 0 saturated carbocycles. The van der Waals surface area contributed by atoms with Crippen LogP contribution in [0.15, 0.2) is 46.1 Å². The minimum atomic E-state index is -4.68. The predicted molar refractivity (Wildman–Crippen MR) is 137 cm³/mol. The fraction of sp³-hybridized carbons (Fsp3) is 0.346. The Morgan fingerprint density at radius 1 is 1.10 bits per heavy atom. The molecule has 2 heterocycles. The van der Waals surface area contributed by atoms with E-state index in [4.69, 9.17) is 0 Å². The number of carbonyl (C=O) groups excluding carboxylic acids is 2. The van der Waals surface area contributed by atoms with Crippen molar-refractivity contribution in [2.75, 3.05) is 12.4 Å². The van der Waals surface area contributed by atoms with Gasteiger partial charge in [0.1, 0.15) is 35.1 Å². The third kappa shape index (κ3) is 6.96. The second-order valence-corrected chi connectivity index (χ2v) is 9.04. The number of alkyl halides is 3. The number of anilines is 1. The summed E-state index contributed by atoms with van der Waals surface area (Å²) in [6.45, 7) is 2.82. The number of ether oxygens (including phenoxy) is 1. The number of esters is 1. The van der Waals surface area contributed by atoms with E-state index in [2.05, 4.69) is 15.0 Å². The van der Waals surface area contributed by atoms with E-state index in [0.29, 0.717) is 23.4 Å². The van der Waals surface area contributed by atoms with Crippen molar-refractivity contribution in [1.82, 2.24) is 19.4 Å². The maximum atomic E-state index is 14.7. The summed E-state index contributed by atoms with van der Waals surface area (Å²) in [6, 6.07) is 1.55. The number of rotatable bonds is 9. The van der Waals surface area contributed by atoms with Crippen LogP contribution in [0, 0.1) is 18.6 Å². The van der Waals surface area contributed by atoms with Gasteiger partial charge in [0.2, 0.25) is 0 Å². The van der Waals surface area contributed by atoms with Crippen LogP contribution in [0.2, 0.25) is 0 Å². The molecular formula is C26H26F5N5O5. The lowest BCUT2D eigenvalue weighted by Crippen LogP contribution is -2.43. The van der Waals surface area contributed by atoms with Gasteiger partial charge in [0.05, 0.1) is 7.11 Å². The highest BCUT2D eigenvalue weighted by atomic mass is 19.4. The summed E-state index contributed by atoms with van der Waals surface area (Å²) in [4.78, 5) is 54.0. The van der Waals surface area contributed by atoms with Crippen LogP contribution < -0.4 is 21.9 Å². The van der Waals surface area contributed by atoms with Gasteiger partial charge < -0.3 is 19.9 Å². The normalized spacial score (nSPS) is 12.9. The fourth-order valence-electron chi connectivity index (χ4n) is 3.91. The first-order valence-corrected chi connectivity index (χ1v) is 12.1. The molecule has 0 fully saturated rings. The summed E-state index contributed by atoms with van der Waals surface area (Å²) in [5.41, 5.74) is -2.13. The first-order valence-electron chi connectivity index (χ1n) is 12.1. The highest BCUT2D eigenvalue weighted by Crippen LogP contribution is 2.27. The average molecular weight is 584 g/mol. The zero-order valence-electron chi connectivity index (χ0n) is 22.3. The highest BCUT2D eigenvalue weighted by molar-refractivity contribution is 5.97. The number of hydrogen-bond acceptors (Lipinski definition) is 7. The van der Waals surface area contributed by atoms with Crippen LogP contribution in [0.3, 0.4) is 0 Å². The minimum Gasteiger partial charge on any atom is -0.467 e. The molecule has 0 aliphatic rings. The van der Waals surface area contributed by atoms with Crippen molar-refractivity contribution in [1.29, 1.82) is 0 Å². The van der Waals surface area contributed by atoms with Gasteiger partial charge in [-0.3, -0.25) is 9.59 Å². The molecule has 0 spiro atoms. The van der Waals surface area contributed by atoms with Gasteiger partial charge in [0, 0.05) is 37.1 Å². The molecule has 0 saturated heterocycles. The van der Waals surface area contributed by atoms with Crippen molar-refractivity contribution in [3.63, 3.8) is 0 Å². The molecule has 2 N–H and O–H groups in total. The molecule has 1 aromatic carbocycles. The second kappa shape index (κ2) is 12.3. The molecule has 3 aromatic rings. The number of aromatic nitrogens is 3. The summed E-state index contributed by atoms with van der Waals surface area (Å²) >= 11 is 0. The Morgan fingerprint density at radius 2 is 1.73 bits per heavy atom. The molecule has 0 radical (unpaired) electrons. The highest BCUT2D eigenvalue weighted by Gasteiger charge is 2.38. The van der Waals surface area contributed by atoms with E-state index in [1.807, 2.05) is 5.32 Å². The van der Waals surface area contributed by atoms with Crippen LogP contribution in [0.1, 0.15) is 35.0 Å². The summed E-state index contributed by atoms with van der Waals surface area (Å²) in [5.74, 6) is -5.25. The van der Waals surface area contributed by atoms with E-state index < -0.39 is 70.7 Å². The van der Waals surface area contributed by atoms with Crippen LogP contribution >= 0.6 is 0 Å². The lowest BCUT2D eigenvalue weighted by atomic mass is 10.1. The second-order valence-electron chi connectivity index (χ2n) is 9.04. The van der Waals surface area contributed by atoms with Crippen molar-refractivity contribution in [2.45, 2.75) is 44.9 Å². The molecule has 0 aliphatic carbocycles. The first kappa shape index (κ1) is 31.0. The molecule has 2 atom stereocenters. The third-order valence-corrected chi connectivity index (χ3v) is 6.24. The zero-order chi connectivity index (χ0) is 30.6. The molecule has 0 aliphatic heterocycles. The number of halogens is 5. The molecule has 41 heavy (non-hydrogen) atoms. The van der Waals surface area contributed by atoms with Gasteiger partial charge in [-0.2, -0.15) is 13.2 Å². The Kier molecular flexibility index (Phi) is 9.30. The number of methoxy groups -OCH3 is 1. The Hall–Kier alpha value is -4.56. The van der Waals surface area contributed by atoms with Crippen LogP contribution in [0.4, 0.5) is 27.6 Å². The summed E-state index contributed by atoms with van der Waals surface area (Å²) in [5, 5.41) is 4.14. The Morgan fingerprint density at radius 3 is 2.24 bits per heavy atom. The maximum Gasteiger partial charge on any atom is 0.408 e. The molecule has 0 unspecified atom stereocenters. The molecule has 2 aromatic heterocycles. The smallest absolute Gasteiger partial charge is 0.408 e. The number of amides is 1. The van der Waals surface area contributed by atoms with Crippen LogP contribution in [-0.4, -0.2) is 51.4 Å². The van der Waals surface area contributed by atoms with Crippen molar-refractivity contribution in [2.24, 2.45) is 7.05 Å². The summed E-state index contributed by atoms with van der Waals surface area (Å²) in [6.07, 6.45) is -4.12. The standard InChI is InChI=1S/C26H26F5N5O5/c1-5-19(26(29,30)31)33-15-10-16(27)22(17(28)11-15)23(38)34-18(24(39)41-4)9-14-6-7-20(32-12-14)36-21(37)8-13(2)35(3)25(36)40/h6-8,10-12,18-19,33H,5,9H2,1-4H3,(H,34,38)/t18-,19+/m0/s1. The predicted octanol–water partition coefficient (Wildman–Crippen LogP) is 2.78. The SMILES string of the molecule is CC[C@@H](Nc1cc(F)c(C(=O)N[C@@H](Cc2ccc(-n3c(=O)cc(C)n(C)c3=O)nc2)C(=O)OC)c(F)c1)C(F)(F)F. The molecular weight excluding hydrogens is 557 g/mol. The topological polar surface area (TPSA) is 124 Å². The number of nitrogens with zero attached hydrogens (tertiary/aromatic N) is 3. The molecule has 220 valence electrons. The number of hydrogen-bond donors (Lipinski definition) is 2. The maximum absolute atomic E-state index is 14.7. The van der Waals surface area contributed by atoms with E-state index >= 15 is 0 Å². The van der Waals surface area contributed by atoms with Crippen molar-refractivity contribution < 1.29 is 36.3 Å². The Bertz CT molecular complexity index is 1540. The van der Waals surface area contributed by atoms with Gasteiger partial charge in [-0.25, -0.2) is 27.9 Å². The van der Waals surface area contributed by atoms with Crippen molar-refractivity contribution in [3.8, 4) is 5.82 Å². The minimum absolute atomic E-state index is 0.00770. The monoisotopic (exact) mass is 583 g/mol. The summed E-state index contributed by atoms with van der Waals surface area (Å²) in [7, 11) is 2.50. The van der Waals surface area contributed by atoms with Crippen LogP contribution in [-0.2, 0) is 23.0 Å². The van der Waals surface area contributed by atoms with E-state index in [9.17, 15) is 41.1 Å². The number of pyridine rings is 1. The molecule has 3 rings (SSSR count). The lowest BCUT2D eigenvalue weighted by Gasteiger charge is -2.22. The fourth-order valence-corrected chi connectivity index (χ4v) is 3.91. The number of benzene rings is 1. The van der Waals surface area contributed by atoms with Gasteiger partial charge in [-0.1, -0.05) is 13.0 Å². The Balaban J connectivity index is 1.83. The van der Waals surface area contributed by atoms with E-state index in [1.54, 1.807) is 6.92 Å². The number of aryl methyl sites for hydroxylation is 1. The summed E-state index contributed by atoms with van der Waals surface area (Å²) < 4.78 is 75.2. The molecule has 0 bridgehead atoms. The third-order valence-electron chi connectivity index (χ3n) is 6.24. The van der Waals surface area contributed by atoms with Crippen LogP contribution in [0.25, 0.3) is 5.82 Å². The molecule has 10 nitrogen and oxygen atoms in total. The van der Waals surface area contributed by atoms with Crippen molar-refractivity contribution in [3.05, 3.63) is 85.8 Å². The van der Waals surface area contributed by atoms with Crippen LogP contribution in [0.5, 0.6) is 0 Å².